The zero-order chi connectivity index (χ0) is 15.8. The summed E-state index contributed by atoms with van der Waals surface area (Å²) >= 11 is 0. The van der Waals surface area contributed by atoms with Crippen molar-refractivity contribution in [2.75, 3.05) is 0 Å². The number of carbonyl (C=O) groups excluding carboxylic acids is 2. The lowest BCUT2D eigenvalue weighted by atomic mass is 10.0. The molecule has 0 aliphatic rings. The van der Waals surface area contributed by atoms with Crippen molar-refractivity contribution in [1.82, 2.24) is 5.32 Å². The second kappa shape index (κ2) is 8.08. The molecule has 0 aliphatic heterocycles. The van der Waals surface area contributed by atoms with Crippen LogP contribution in [0.2, 0.25) is 0 Å². The maximum atomic E-state index is 12.8. The summed E-state index contributed by atoms with van der Waals surface area (Å²) in [6.07, 6.45) is 2.98. The summed E-state index contributed by atoms with van der Waals surface area (Å²) in [6, 6.07) is 14.7. The van der Waals surface area contributed by atoms with Gasteiger partial charge in [-0.2, -0.15) is 0 Å². The number of hydrogen-bond donors (Lipinski definition) is 1. The van der Waals surface area contributed by atoms with Gasteiger partial charge in [-0.05, 0) is 49.1 Å². The number of aldehydes is 1. The third kappa shape index (κ3) is 4.81. The Hall–Kier alpha value is -2.49. The molecule has 2 rings (SSSR count). The molecule has 114 valence electrons. The molecule has 0 aliphatic carbocycles. The van der Waals surface area contributed by atoms with Crippen LogP contribution in [0.15, 0.2) is 54.6 Å². The van der Waals surface area contributed by atoms with E-state index in [1.54, 1.807) is 0 Å². The summed E-state index contributed by atoms with van der Waals surface area (Å²) in [4.78, 5) is 23.1. The highest BCUT2D eigenvalue weighted by Crippen LogP contribution is 2.07. The van der Waals surface area contributed by atoms with Crippen LogP contribution in [0.5, 0.6) is 0 Å². The van der Waals surface area contributed by atoms with Gasteiger partial charge in [-0.3, -0.25) is 4.79 Å². The molecule has 0 saturated carbocycles. The van der Waals surface area contributed by atoms with E-state index < -0.39 is 11.9 Å². The molecule has 0 aromatic heterocycles. The van der Waals surface area contributed by atoms with Crippen LogP contribution in [0.1, 0.15) is 28.8 Å². The molecular formula is C18H18FNO2. The van der Waals surface area contributed by atoms with Crippen molar-refractivity contribution < 1.29 is 14.0 Å². The fourth-order valence-corrected chi connectivity index (χ4v) is 2.20. The fourth-order valence-electron chi connectivity index (χ4n) is 2.20. The quantitative estimate of drug-likeness (QED) is 0.798. The molecular weight excluding hydrogens is 281 g/mol. The van der Waals surface area contributed by atoms with Gasteiger partial charge in [-0.15, -0.1) is 0 Å². The summed E-state index contributed by atoms with van der Waals surface area (Å²) in [5, 5.41) is 2.66. The number of amides is 1. The standard InChI is InChI=1S/C18H18FNO2/c19-16-11-9-15(10-12-16)18(22)20-17(13-21)8-4-7-14-5-2-1-3-6-14/h1-3,5-6,9-13,17H,4,7-8H2,(H,20,22)/t17-/m1/s1. The van der Waals surface area contributed by atoms with Crippen LogP contribution in [0, 0.1) is 5.82 Å². The van der Waals surface area contributed by atoms with Gasteiger partial charge in [0.1, 0.15) is 12.1 Å². The van der Waals surface area contributed by atoms with Crippen molar-refractivity contribution >= 4 is 12.2 Å². The van der Waals surface area contributed by atoms with Gasteiger partial charge < -0.3 is 10.1 Å². The second-order valence-electron chi connectivity index (χ2n) is 5.10. The first-order chi connectivity index (χ1) is 10.7. The molecule has 0 unspecified atom stereocenters. The van der Waals surface area contributed by atoms with Gasteiger partial charge in [0, 0.05) is 5.56 Å². The molecule has 0 bridgehead atoms. The van der Waals surface area contributed by atoms with Gasteiger partial charge in [0.2, 0.25) is 0 Å². The van der Waals surface area contributed by atoms with E-state index >= 15 is 0 Å². The minimum absolute atomic E-state index is 0.344. The first kappa shape index (κ1) is 15.9. The van der Waals surface area contributed by atoms with Crippen LogP contribution in [-0.2, 0) is 11.2 Å². The molecule has 0 heterocycles. The van der Waals surface area contributed by atoms with Crippen molar-refractivity contribution in [2.24, 2.45) is 0 Å². The number of nitrogens with one attached hydrogen (secondary N) is 1. The van der Waals surface area contributed by atoms with Crippen LogP contribution in [0.25, 0.3) is 0 Å². The lowest BCUT2D eigenvalue weighted by Crippen LogP contribution is -2.36. The third-order valence-electron chi connectivity index (χ3n) is 3.41. The van der Waals surface area contributed by atoms with E-state index in [0.717, 1.165) is 19.1 Å². The first-order valence-electron chi connectivity index (χ1n) is 7.24. The Balaban J connectivity index is 1.82. The van der Waals surface area contributed by atoms with Gasteiger partial charge in [0.15, 0.2) is 0 Å². The van der Waals surface area contributed by atoms with Gasteiger partial charge >= 0.3 is 0 Å². The Morgan fingerprint density at radius 3 is 2.41 bits per heavy atom. The number of rotatable bonds is 7. The highest BCUT2D eigenvalue weighted by molar-refractivity contribution is 5.95. The van der Waals surface area contributed by atoms with E-state index in [4.69, 9.17) is 0 Å². The van der Waals surface area contributed by atoms with Crippen LogP contribution in [0.3, 0.4) is 0 Å². The fraction of sp³-hybridized carbons (Fsp3) is 0.222. The molecule has 2 aromatic rings. The summed E-state index contributed by atoms with van der Waals surface area (Å²) in [7, 11) is 0. The summed E-state index contributed by atoms with van der Waals surface area (Å²) in [5.74, 6) is -0.761. The predicted molar refractivity (Wildman–Crippen MR) is 83.1 cm³/mol. The molecule has 4 heteroatoms. The summed E-state index contributed by atoms with van der Waals surface area (Å²) in [6.45, 7) is 0. The Morgan fingerprint density at radius 1 is 1.09 bits per heavy atom. The van der Waals surface area contributed by atoms with Gasteiger partial charge in [-0.1, -0.05) is 30.3 Å². The Labute approximate surface area is 129 Å². The van der Waals surface area contributed by atoms with E-state index in [9.17, 15) is 14.0 Å². The van der Waals surface area contributed by atoms with Crippen molar-refractivity contribution in [3.05, 3.63) is 71.5 Å². The van der Waals surface area contributed by atoms with E-state index in [0.29, 0.717) is 12.0 Å². The van der Waals surface area contributed by atoms with Crippen molar-refractivity contribution in [1.29, 1.82) is 0 Å². The number of aryl methyl sites for hydroxylation is 1. The maximum Gasteiger partial charge on any atom is 0.251 e. The van der Waals surface area contributed by atoms with E-state index in [1.807, 2.05) is 30.3 Å². The highest BCUT2D eigenvalue weighted by atomic mass is 19.1. The number of carbonyl (C=O) groups is 2. The van der Waals surface area contributed by atoms with Crippen LogP contribution in [0.4, 0.5) is 4.39 Å². The lowest BCUT2D eigenvalue weighted by Gasteiger charge is -2.12. The van der Waals surface area contributed by atoms with E-state index in [2.05, 4.69) is 5.32 Å². The molecule has 0 fully saturated rings. The van der Waals surface area contributed by atoms with E-state index in [1.165, 1.54) is 29.8 Å². The normalized spacial score (nSPS) is 11.7. The molecule has 1 N–H and O–H groups in total. The van der Waals surface area contributed by atoms with Crippen molar-refractivity contribution in [3.63, 3.8) is 0 Å². The van der Waals surface area contributed by atoms with Crippen molar-refractivity contribution in [2.45, 2.75) is 25.3 Å². The Morgan fingerprint density at radius 2 is 1.77 bits per heavy atom. The number of benzene rings is 2. The molecule has 0 radical (unpaired) electrons. The number of halogens is 1. The smallest absolute Gasteiger partial charge is 0.251 e. The topological polar surface area (TPSA) is 46.2 Å². The minimum atomic E-state index is -0.527. The summed E-state index contributed by atoms with van der Waals surface area (Å²) < 4.78 is 12.8. The predicted octanol–water partition coefficient (Wildman–Crippen LogP) is 3.15. The molecule has 2 aromatic carbocycles. The molecule has 0 spiro atoms. The zero-order valence-electron chi connectivity index (χ0n) is 12.2. The molecule has 1 amide bonds. The molecule has 1 atom stereocenters. The third-order valence-corrected chi connectivity index (χ3v) is 3.41. The molecule has 3 nitrogen and oxygen atoms in total. The van der Waals surface area contributed by atoms with Gasteiger partial charge in [0.25, 0.3) is 5.91 Å². The zero-order valence-corrected chi connectivity index (χ0v) is 12.2. The molecule has 0 saturated heterocycles. The minimum Gasteiger partial charge on any atom is -0.343 e. The number of hydrogen-bond acceptors (Lipinski definition) is 2. The van der Waals surface area contributed by atoms with Crippen LogP contribution < -0.4 is 5.32 Å². The average Bonchev–Trinajstić information content (AvgIpc) is 2.55. The largest absolute Gasteiger partial charge is 0.343 e. The van der Waals surface area contributed by atoms with Gasteiger partial charge in [0.05, 0.1) is 6.04 Å². The maximum absolute atomic E-state index is 12.8. The molecule has 22 heavy (non-hydrogen) atoms. The second-order valence-corrected chi connectivity index (χ2v) is 5.10. The van der Waals surface area contributed by atoms with E-state index in [-0.39, 0.29) is 5.91 Å². The highest BCUT2D eigenvalue weighted by Gasteiger charge is 2.12. The Kier molecular flexibility index (Phi) is 5.83. The monoisotopic (exact) mass is 299 g/mol. The average molecular weight is 299 g/mol. The van der Waals surface area contributed by atoms with Crippen molar-refractivity contribution in [3.8, 4) is 0 Å². The lowest BCUT2D eigenvalue weighted by molar-refractivity contribution is -0.109. The van der Waals surface area contributed by atoms with Gasteiger partial charge in [-0.25, -0.2) is 4.39 Å². The van der Waals surface area contributed by atoms with Crippen LogP contribution >= 0.6 is 0 Å². The SMILES string of the molecule is O=C[C@@H](CCCc1ccccc1)NC(=O)c1ccc(F)cc1. The van der Waals surface area contributed by atoms with Crippen LogP contribution in [-0.4, -0.2) is 18.2 Å². The summed E-state index contributed by atoms with van der Waals surface area (Å²) in [5.41, 5.74) is 1.55. The Bertz CT molecular complexity index is 611. The first-order valence-corrected chi connectivity index (χ1v) is 7.24.